The Morgan fingerprint density at radius 3 is 2.56 bits per heavy atom. The van der Waals surface area contributed by atoms with Crippen molar-refractivity contribution in [2.75, 3.05) is 52.0 Å². The Hall–Kier alpha value is -2.82. The standard InChI is InChI=1S/C22H31N3O7/c1-16(7-8-19(27)24-15-26)25-21(28)17-5-3-6-18(20(17)22(25)29)23-9-12-32-14-13-31-11-4-10-30-2/h3,5-6,15-16,23H,4,7-14H2,1-2H3,(H,24,26,27). The molecule has 0 radical (unpaired) electrons. The predicted molar refractivity (Wildman–Crippen MR) is 116 cm³/mol. The number of anilines is 1. The van der Waals surface area contributed by atoms with Crippen molar-refractivity contribution >= 4 is 29.8 Å². The number of ether oxygens (including phenoxy) is 3. The first-order valence-corrected chi connectivity index (χ1v) is 10.6. The Morgan fingerprint density at radius 2 is 1.84 bits per heavy atom. The molecule has 1 aliphatic rings. The van der Waals surface area contributed by atoms with Crippen LogP contribution in [-0.2, 0) is 23.8 Å². The number of benzene rings is 1. The Morgan fingerprint density at radius 1 is 1.09 bits per heavy atom. The lowest BCUT2D eigenvalue weighted by atomic mass is 10.1. The van der Waals surface area contributed by atoms with Gasteiger partial charge >= 0.3 is 0 Å². The molecular weight excluding hydrogens is 418 g/mol. The van der Waals surface area contributed by atoms with Gasteiger partial charge in [0.25, 0.3) is 11.8 Å². The number of fused-ring (bicyclic) bond motifs is 1. The molecule has 1 unspecified atom stereocenters. The van der Waals surface area contributed by atoms with Crippen LogP contribution in [0.1, 0.15) is 46.9 Å². The monoisotopic (exact) mass is 449 g/mol. The Bertz CT molecular complexity index is 800. The van der Waals surface area contributed by atoms with Gasteiger partial charge in [0.1, 0.15) is 0 Å². The van der Waals surface area contributed by atoms with Gasteiger partial charge in [-0.2, -0.15) is 0 Å². The van der Waals surface area contributed by atoms with Crippen molar-refractivity contribution in [3.63, 3.8) is 0 Å². The van der Waals surface area contributed by atoms with Gasteiger partial charge < -0.3 is 19.5 Å². The topological polar surface area (TPSA) is 123 Å². The van der Waals surface area contributed by atoms with E-state index in [2.05, 4.69) is 10.6 Å². The van der Waals surface area contributed by atoms with Crippen molar-refractivity contribution in [2.24, 2.45) is 0 Å². The van der Waals surface area contributed by atoms with E-state index in [1.165, 1.54) is 4.90 Å². The van der Waals surface area contributed by atoms with Crippen LogP contribution in [0.2, 0.25) is 0 Å². The maximum absolute atomic E-state index is 13.0. The molecule has 1 heterocycles. The lowest BCUT2D eigenvalue weighted by Gasteiger charge is -2.22. The number of hydrogen-bond acceptors (Lipinski definition) is 8. The molecule has 0 saturated heterocycles. The quantitative estimate of drug-likeness (QED) is 0.219. The van der Waals surface area contributed by atoms with Gasteiger partial charge in [0.2, 0.25) is 12.3 Å². The lowest BCUT2D eigenvalue weighted by molar-refractivity contribution is -0.125. The van der Waals surface area contributed by atoms with Gasteiger partial charge in [-0.3, -0.25) is 29.4 Å². The average Bonchev–Trinajstić information content (AvgIpc) is 3.04. The second kappa shape index (κ2) is 13.6. The van der Waals surface area contributed by atoms with Gasteiger partial charge in [-0.25, -0.2) is 0 Å². The first kappa shape index (κ1) is 25.4. The SMILES string of the molecule is COCCCOCCOCCNc1cccc2c1C(=O)N(C(C)CCC(=O)NC=O)C2=O. The Labute approximate surface area is 187 Å². The highest BCUT2D eigenvalue weighted by Gasteiger charge is 2.40. The molecular formula is C22H31N3O7. The predicted octanol–water partition coefficient (Wildman–Crippen LogP) is 1.21. The van der Waals surface area contributed by atoms with E-state index in [0.717, 1.165) is 6.42 Å². The number of nitrogens with zero attached hydrogens (tertiary/aromatic N) is 1. The van der Waals surface area contributed by atoms with E-state index in [9.17, 15) is 19.2 Å². The van der Waals surface area contributed by atoms with Crippen LogP contribution in [0.3, 0.4) is 0 Å². The maximum Gasteiger partial charge on any atom is 0.263 e. The molecule has 32 heavy (non-hydrogen) atoms. The number of methoxy groups -OCH3 is 1. The molecule has 2 rings (SSSR count). The van der Waals surface area contributed by atoms with Gasteiger partial charge in [-0.15, -0.1) is 0 Å². The summed E-state index contributed by atoms with van der Waals surface area (Å²) in [6, 6.07) is 4.59. The molecule has 0 bridgehead atoms. The van der Waals surface area contributed by atoms with E-state index in [1.54, 1.807) is 32.2 Å². The number of hydrogen-bond donors (Lipinski definition) is 2. The number of nitrogens with one attached hydrogen (secondary N) is 2. The summed E-state index contributed by atoms with van der Waals surface area (Å²) in [6.07, 6.45) is 1.44. The van der Waals surface area contributed by atoms with Crippen LogP contribution in [0.5, 0.6) is 0 Å². The van der Waals surface area contributed by atoms with Gasteiger partial charge in [0, 0.05) is 45.0 Å². The molecule has 0 spiro atoms. The van der Waals surface area contributed by atoms with Gasteiger partial charge in [-0.05, 0) is 31.9 Å². The van der Waals surface area contributed by atoms with Crippen LogP contribution in [0.15, 0.2) is 18.2 Å². The number of carbonyl (C=O) groups is 4. The Balaban J connectivity index is 1.83. The fraction of sp³-hybridized carbons (Fsp3) is 0.545. The minimum Gasteiger partial charge on any atom is -0.385 e. The van der Waals surface area contributed by atoms with E-state index >= 15 is 0 Å². The molecule has 1 aliphatic heterocycles. The van der Waals surface area contributed by atoms with E-state index < -0.39 is 17.9 Å². The molecule has 0 aliphatic carbocycles. The van der Waals surface area contributed by atoms with Crippen LogP contribution in [-0.4, -0.2) is 81.8 Å². The third kappa shape index (κ3) is 7.11. The molecule has 176 valence electrons. The molecule has 0 saturated carbocycles. The molecule has 4 amide bonds. The maximum atomic E-state index is 13.0. The zero-order chi connectivity index (χ0) is 23.3. The van der Waals surface area contributed by atoms with Gasteiger partial charge in [0.05, 0.1) is 30.9 Å². The molecule has 2 N–H and O–H groups in total. The summed E-state index contributed by atoms with van der Waals surface area (Å²) in [5, 5.41) is 5.21. The summed E-state index contributed by atoms with van der Waals surface area (Å²) in [7, 11) is 1.65. The third-order valence-corrected chi connectivity index (χ3v) is 4.97. The zero-order valence-corrected chi connectivity index (χ0v) is 18.6. The molecule has 1 atom stereocenters. The normalized spacial score (nSPS) is 13.8. The zero-order valence-electron chi connectivity index (χ0n) is 18.6. The van der Waals surface area contributed by atoms with Crippen molar-refractivity contribution in [2.45, 2.75) is 32.2 Å². The van der Waals surface area contributed by atoms with Gasteiger partial charge in [0.15, 0.2) is 0 Å². The van der Waals surface area contributed by atoms with Crippen molar-refractivity contribution < 1.29 is 33.4 Å². The summed E-state index contributed by atoms with van der Waals surface area (Å²) in [5.74, 6) is -1.24. The third-order valence-electron chi connectivity index (χ3n) is 4.97. The van der Waals surface area contributed by atoms with E-state index in [4.69, 9.17) is 14.2 Å². The summed E-state index contributed by atoms with van der Waals surface area (Å²) < 4.78 is 15.9. The van der Waals surface area contributed by atoms with Crippen LogP contribution in [0.4, 0.5) is 5.69 Å². The van der Waals surface area contributed by atoms with Crippen molar-refractivity contribution in [1.82, 2.24) is 10.2 Å². The minimum absolute atomic E-state index is 0.0336. The molecule has 0 aromatic heterocycles. The Kier molecular flexibility index (Phi) is 10.8. The first-order chi connectivity index (χ1) is 15.5. The van der Waals surface area contributed by atoms with Gasteiger partial charge in [-0.1, -0.05) is 6.07 Å². The fourth-order valence-corrected chi connectivity index (χ4v) is 3.34. The van der Waals surface area contributed by atoms with Crippen molar-refractivity contribution in [1.29, 1.82) is 0 Å². The summed E-state index contributed by atoms with van der Waals surface area (Å²) >= 11 is 0. The number of imide groups is 2. The number of carbonyl (C=O) groups excluding carboxylic acids is 4. The van der Waals surface area contributed by atoms with E-state index in [0.29, 0.717) is 62.8 Å². The summed E-state index contributed by atoms with van der Waals surface area (Å²) in [4.78, 5) is 48.8. The number of rotatable bonds is 16. The minimum atomic E-state index is -0.486. The van der Waals surface area contributed by atoms with E-state index in [1.807, 2.05) is 0 Å². The van der Waals surface area contributed by atoms with Crippen LogP contribution < -0.4 is 10.6 Å². The lowest BCUT2D eigenvalue weighted by Crippen LogP contribution is -2.38. The van der Waals surface area contributed by atoms with Crippen molar-refractivity contribution in [3.8, 4) is 0 Å². The van der Waals surface area contributed by atoms with E-state index in [-0.39, 0.29) is 18.7 Å². The highest BCUT2D eigenvalue weighted by molar-refractivity contribution is 6.24. The second-order valence-electron chi connectivity index (χ2n) is 7.28. The van der Waals surface area contributed by atoms with Crippen LogP contribution in [0.25, 0.3) is 0 Å². The molecule has 1 aromatic carbocycles. The highest BCUT2D eigenvalue weighted by Crippen LogP contribution is 2.31. The molecule has 10 nitrogen and oxygen atoms in total. The second-order valence-corrected chi connectivity index (χ2v) is 7.28. The number of amides is 4. The smallest absolute Gasteiger partial charge is 0.263 e. The van der Waals surface area contributed by atoms with Crippen LogP contribution in [0, 0.1) is 0 Å². The highest BCUT2D eigenvalue weighted by atomic mass is 16.5. The fourth-order valence-electron chi connectivity index (χ4n) is 3.34. The molecule has 0 fully saturated rings. The summed E-state index contributed by atoms with van der Waals surface area (Å²) in [6.45, 7) is 4.82. The van der Waals surface area contributed by atoms with Crippen LogP contribution >= 0.6 is 0 Å². The van der Waals surface area contributed by atoms with Crippen molar-refractivity contribution in [3.05, 3.63) is 29.3 Å². The largest absolute Gasteiger partial charge is 0.385 e. The molecule has 1 aromatic rings. The molecule has 10 heteroatoms. The summed E-state index contributed by atoms with van der Waals surface area (Å²) in [5.41, 5.74) is 1.21. The average molecular weight is 450 g/mol. The first-order valence-electron chi connectivity index (χ1n) is 10.6.